The van der Waals surface area contributed by atoms with E-state index < -0.39 is 0 Å². The first kappa shape index (κ1) is 17.7. The van der Waals surface area contributed by atoms with Crippen molar-refractivity contribution < 1.29 is 0 Å². The number of rotatable bonds is 0. The summed E-state index contributed by atoms with van der Waals surface area (Å²) in [6, 6.07) is 28.1. The first-order valence-electron chi connectivity index (χ1n) is 9.68. The number of hydrogen-bond acceptors (Lipinski definition) is 2. The average Bonchev–Trinajstić information content (AvgIpc) is 2.81. The SMILES string of the molecule is C(#Cc1ccccc1C#Cc1cnc2ccccc2c1)c1cnc2ccccc2c1. The lowest BCUT2D eigenvalue weighted by Crippen LogP contribution is -1.85. The van der Waals surface area contributed by atoms with Gasteiger partial charge in [0, 0.05) is 45.4 Å². The zero-order valence-electron chi connectivity index (χ0n) is 16.1. The van der Waals surface area contributed by atoms with Gasteiger partial charge in [-0.1, -0.05) is 72.2 Å². The molecule has 30 heavy (non-hydrogen) atoms. The van der Waals surface area contributed by atoms with Gasteiger partial charge in [0.1, 0.15) is 0 Å². The zero-order chi connectivity index (χ0) is 20.2. The van der Waals surface area contributed by atoms with E-state index in [1.54, 1.807) is 0 Å². The highest BCUT2D eigenvalue weighted by molar-refractivity contribution is 5.80. The predicted molar refractivity (Wildman–Crippen MR) is 122 cm³/mol. The van der Waals surface area contributed by atoms with Gasteiger partial charge in [-0.15, -0.1) is 0 Å². The lowest BCUT2D eigenvalue weighted by Gasteiger charge is -1.98. The van der Waals surface area contributed by atoms with E-state index in [0.29, 0.717) is 0 Å². The molecule has 0 aliphatic heterocycles. The van der Waals surface area contributed by atoms with E-state index in [1.165, 1.54) is 0 Å². The van der Waals surface area contributed by atoms with Crippen LogP contribution in [0.5, 0.6) is 0 Å². The molecule has 138 valence electrons. The Balaban J connectivity index is 1.47. The molecule has 0 aliphatic carbocycles. The van der Waals surface area contributed by atoms with Crippen molar-refractivity contribution in [3.05, 3.63) is 120 Å². The number of benzene rings is 3. The molecule has 0 amide bonds. The number of hydrogen-bond donors (Lipinski definition) is 0. The normalized spacial score (nSPS) is 10.1. The zero-order valence-corrected chi connectivity index (χ0v) is 16.1. The lowest BCUT2D eigenvalue weighted by atomic mass is 10.1. The Labute approximate surface area is 175 Å². The fourth-order valence-corrected chi connectivity index (χ4v) is 3.26. The van der Waals surface area contributed by atoms with Crippen molar-refractivity contribution in [3.8, 4) is 23.7 Å². The summed E-state index contributed by atoms with van der Waals surface area (Å²) in [4.78, 5) is 8.96. The third-order valence-corrected chi connectivity index (χ3v) is 4.79. The molecule has 0 bridgehead atoms. The van der Waals surface area contributed by atoms with Gasteiger partial charge in [-0.3, -0.25) is 9.97 Å². The van der Waals surface area contributed by atoms with E-state index in [4.69, 9.17) is 0 Å². The summed E-state index contributed by atoms with van der Waals surface area (Å²) in [7, 11) is 0. The standard InChI is InChI=1S/C28H16N2/c1-2-8-24(16-14-22-18-26-10-4-6-12-28(26)30-20-22)23(7-1)15-13-21-17-25-9-3-5-11-27(25)29-19-21/h1-12,17-20H. The second-order valence-electron chi connectivity index (χ2n) is 6.88. The van der Waals surface area contributed by atoms with Gasteiger partial charge in [0.2, 0.25) is 0 Å². The third kappa shape index (κ3) is 3.76. The van der Waals surface area contributed by atoms with Gasteiger partial charge in [-0.05, 0) is 36.4 Å². The lowest BCUT2D eigenvalue weighted by molar-refractivity contribution is 1.39. The Hall–Kier alpha value is -4.40. The average molecular weight is 380 g/mol. The van der Waals surface area contributed by atoms with Crippen molar-refractivity contribution in [3.63, 3.8) is 0 Å². The molecule has 0 N–H and O–H groups in total. The van der Waals surface area contributed by atoms with Gasteiger partial charge in [0.25, 0.3) is 0 Å². The summed E-state index contributed by atoms with van der Waals surface area (Å²) in [5.74, 6) is 13.0. The van der Waals surface area contributed by atoms with Crippen LogP contribution in [0.15, 0.2) is 97.3 Å². The van der Waals surface area contributed by atoms with Gasteiger partial charge in [0.05, 0.1) is 11.0 Å². The van der Waals surface area contributed by atoms with E-state index in [-0.39, 0.29) is 0 Å². The highest BCUT2D eigenvalue weighted by Crippen LogP contribution is 2.14. The molecule has 0 saturated heterocycles. The van der Waals surface area contributed by atoms with Crippen molar-refractivity contribution >= 4 is 21.8 Å². The van der Waals surface area contributed by atoms with Gasteiger partial charge >= 0.3 is 0 Å². The van der Waals surface area contributed by atoms with E-state index in [1.807, 2.05) is 85.2 Å². The maximum Gasteiger partial charge on any atom is 0.0702 e. The molecule has 0 aliphatic rings. The van der Waals surface area contributed by atoms with Crippen LogP contribution in [0.3, 0.4) is 0 Å². The minimum Gasteiger partial charge on any atom is -0.255 e. The molecule has 0 radical (unpaired) electrons. The van der Waals surface area contributed by atoms with E-state index in [2.05, 4.69) is 45.8 Å². The minimum atomic E-state index is 0.884. The molecule has 0 spiro atoms. The van der Waals surface area contributed by atoms with Crippen LogP contribution in [0, 0.1) is 23.7 Å². The molecule has 5 aromatic rings. The molecule has 5 rings (SSSR count). The van der Waals surface area contributed by atoms with Crippen LogP contribution in [0.4, 0.5) is 0 Å². The van der Waals surface area contributed by atoms with Crippen molar-refractivity contribution in [2.75, 3.05) is 0 Å². The molecule has 2 heterocycles. The summed E-state index contributed by atoms with van der Waals surface area (Å²) >= 11 is 0. The first-order valence-corrected chi connectivity index (χ1v) is 9.68. The van der Waals surface area contributed by atoms with Crippen LogP contribution < -0.4 is 0 Å². The fraction of sp³-hybridized carbons (Fsp3) is 0. The molecule has 0 unspecified atom stereocenters. The van der Waals surface area contributed by atoms with Crippen molar-refractivity contribution in [1.29, 1.82) is 0 Å². The topological polar surface area (TPSA) is 25.8 Å². The number of aromatic nitrogens is 2. The Bertz CT molecular complexity index is 1390. The van der Waals surface area contributed by atoms with Crippen LogP contribution in [-0.2, 0) is 0 Å². The molecular formula is C28H16N2. The molecule has 0 fully saturated rings. The van der Waals surface area contributed by atoms with Crippen LogP contribution in [-0.4, -0.2) is 9.97 Å². The molecular weight excluding hydrogens is 364 g/mol. The highest BCUT2D eigenvalue weighted by Gasteiger charge is 1.98. The molecule has 0 atom stereocenters. The van der Waals surface area contributed by atoms with Crippen molar-refractivity contribution in [2.45, 2.75) is 0 Å². The smallest absolute Gasteiger partial charge is 0.0702 e. The summed E-state index contributed by atoms with van der Waals surface area (Å²) in [5.41, 5.74) is 5.50. The molecule has 3 aromatic carbocycles. The van der Waals surface area contributed by atoms with Gasteiger partial charge in [-0.2, -0.15) is 0 Å². The Morgan fingerprint density at radius 1 is 0.467 bits per heavy atom. The van der Waals surface area contributed by atoms with Crippen LogP contribution in [0.1, 0.15) is 22.3 Å². The van der Waals surface area contributed by atoms with Gasteiger partial charge in [-0.25, -0.2) is 0 Å². The second kappa shape index (κ2) is 7.92. The van der Waals surface area contributed by atoms with Crippen molar-refractivity contribution in [1.82, 2.24) is 9.97 Å². The maximum atomic E-state index is 4.48. The van der Waals surface area contributed by atoms with E-state index in [0.717, 1.165) is 44.1 Å². The number of fused-ring (bicyclic) bond motifs is 2. The van der Waals surface area contributed by atoms with Crippen molar-refractivity contribution in [2.24, 2.45) is 0 Å². The summed E-state index contributed by atoms with van der Waals surface area (Å²) in [6.45, 7) is 0. The summed E-state index contributed by atoms with van der Waals surface area (Å²) in [6.07, 6.45) is 3.62. The Morgan fingerprint density at radius 3 is 1.40 bits per heavy atom. The van der Waals surface area contributed by atoms with Crippen LogP contribution >= 0.6 is 0 Å². The molecule has 0 saturated carbocycles. The Kier molecular flexibility index (Phi) is 4.67. The molecule has 2 heteroatoms. The van der Waals surface area contributed by atoms with E-state index in [9.17, 15) is 0 Å². The minimum absolute atomic E-state index is 0.884. The number of pyridine rings is 2. The largest absolute Gasteiger partial charge is 0.255 e. The predicted octanol–water partition coefficient (Wildman–Crippen LogP) is 5.58. The quantitative estimate of drug-likeness (QED) is 0.328. The monoisotopic (exact) mass is 380 g/mol. The number of nitrogens with zero attached hydrogens (tertiary/aromatic N) is 2. The highest BCUT2D eigenvalue weighted by atomic mass is 14.6. The fourth-order valence-electron chi connectivity index (χ4n) is 3.26. The summed E-state index contributed by atoms with van der Waals surface area (Å²) < 4.78 is 0. The van der Waals surface area contributed by atoms with Crippen LogP contribution in [0.25, 0.3) is 21.8 Å². The third-order valence-electron chi connectivity index (χ3n) is 4.79. The summed E-state index contributed by atoms with van der Waals surface area (Å²) in [5, 5.41) is 2.17. The molecule has 2 nitrogen and oxygen atoms in total. The maximum absolute atomic E-state index is 4.48. The number of para-hydroxylation sites is 2. The van der Waals surface area contributed by atoms with Gasteiger partial charge < -0.3 is 0 Å². The second-order valence-corrected chi connectivity index (χ2v) is 6.88. The first-order chi connectivity index (χ1) is 14.8. The molecule has 2 aromatic heterocycles. The van der Waals surface area contributed by atoms with Gasteiger partial charge in [0.15, 0.2) is 0 Å². The van der Waals surface area contributed by atoms with E-state index >= 15 is 0 Å². The Morgan fingerprint density at radius 2 is 0.900 bits per heavy atom. The van der Waals surface area contributed by atoms with Crippen LogP contribution in [0.2, 0.25) is 0 Å².